The Hall–Kier alpha value is -1.23. The van der Waals surface area contributed by atoms with Crippen molar-refractivity contribution < 1.29 is 4.74 Å². The van der Waals surface area contributed by atoms with Crippen LogP contribution in [0.3, 0.4) is 0 Å². The van der Waals surface area contributed by atoms with Crippen molar-refractivity contribution in [2.45, 2.75) is 58.2 Å². The molecule has 1 aromatic heterocycles. The van der Waals surface area contributed by atoms with Gasteiger partial charge in [0.2, 0.25) is 0 Å². The Balaban J connectivity index is 1.76. The lowest BCUT2D eigenvalue weighted by Gasteiger charge is -2.23. The second kappa shape index (κ2) is 7.77. The highest BCUT2D eigenvalue weighted by Crippen LogP contribution is 2.37. The third-order valence-corrected chi connectivity index (χ3v) is 5.15. The van der Waals surface area contributed by atoms with Crippen LogP contribution in [0.15, 0.2) is 0 Å². The van der Waals surface area contributed by atoms with E-state index in [1.807, 2.05) is 4.68 Å². The van der Waals surface area contributed by atoms with Crippen LogP contribution in [0, 0.1) is 22.0 Å². The van der Waals surface area contributed by atoms with Gasteiger partial charge in [0, 0.05) is 38.1 Å². The molecule has 0 radical (unpaired) electrons. The van der Waals surface area contributed by atoms with Gasteiger partial charge in [0.05, 0.1) is 19.3 Å². The monoisotopic (exact) mass is 349 g/mol. The summed E-state index contributed by atoms with van der Waals surface area (Å²) in [6, 6.07) is 2.79. The van der Waals surface area contributed by atoms with Crippen molar-refractivity contribution >= 4 is 12.2 Å². The molecule has 1 aliphatic heterocycles. The lowest BCUT2D eigenvalue weighted by Crippen LogP contribution is -2.33. The van der Waals surface area contributed by atoms with Crippen molar-refractivity contribution in [1.82, 2.24) is 19.2 Å². The van der Waals surface area contributed by atoms with Crippen molar-refractivity contribution in [3.8, 4) is 6.07 Å². The molecule has 2 heterocycles. The maximum Gasteiger partial charge on any atom is 0.199 e. The molecule has 6 nitrogen and oxygen atoms in total. The molecule has 7 heteroatoms. The summed E-state index contributed by atoms with van der Waals surface area (Å²) < 4.78 is 10.5. The Morgan fingerprint density at radius 1 is 1.42 bits per heavy atom. The van der Waals surface area contributed by atoms with Gasteiger partial charge in [0.1, 0.15) is 5.82 Å². The van der Waals surface area contributed by atoms with Gasteiger partial charge in [0.25, 0.3) is 0 Å². The number of nitrogens with zero attached hydrogens (tertiary/aromatic N) is 5. The molecular weight excluding hydrogens is 322 g/mol. The average molecular weight is 350 g/mol. The zero-order chi connectivity index (χ0) is 17.1. The first-order valence-corrected chi connectivity index (χ1v) is 9.37. The standard InChI is InChI=1S/C17H27N5OS/c1-13(2)16-19-21(17(24)22(16)15-4-5-15)12-20(8-3-7-18)10-14-6-9-23-11-14/h13-15H,3-6,8-12H2,1-2H3. The highest BCUT2D eigenvalue weighted by molar-refractivity contribution is 7.71. The molecule has 1 aromatic rings. The number of hydrogen-bond acceptors (Lipinski definition) is 5. The summed E-state index contributed by atoms with van der Waals surface area (Å²) in [5.74, 6) is 2.00. The number of aromatic nitrogens is 3. The Morgan fingerprint density at radius 2 is 2.21 bits per heavy atom. The van der Waals surface area contributed by atoms with E-state index in [0.29, 0.717) is 31.0 Å². The summed E-state index contributed by atoms with van der Waals surface area (Å²) >= 11 is 5.71. The predicted octanol–water partition coefficient (Wildman–Crippen LogP) is 3.08. The molecule has 1 saturated carbocycles. The quantitative estimate of drug-likeness (QED) is 0.675. The van der Waals surface area contributed by atoms with E-state index in [9.17, 15) is 0 Å². The maximum absolute atomic E-state index is 8.95. The Morgan fingerprint density at radius 3 is 2.79 bits per heavy atom. The molecule has 0 amide bonds. The van der Waals surface area contributed by atoms with Gasteiger partial charge < -0.3 is 9.30 Å². The van der Waals surface area contributed by atoms with E-state index in [2.05, 4.69) is 29.4 Å². The molecule has 0 bridgehead atoms. The van der Waals surface area contributed by atoms with Crippen LogP contribution in [0.4, 0.5) is 0 Å². The lowest BCUT2D eigenvalue weighted by molar-refractivity contribution is 0.148. The molecule has 1 aliphatic carbocycles. The first kappa shape index (κ1) is 17.6. The summed E-state index contributed by atoms with van der Waals surface area (Å²) in [6.07, 6.45) is 4.04. The third kappa shape index (κ3) is 4.05. The zero-order valence-corrected chi connectivity index (χ0v) is 15.5. The Bertz CT molecular complexity index is 649. The molecule has 0 N–H and O–H groups in total. The van der Waals surface area contributed by atoms with Crippen LogP contribution in [0.1, 0.15) is 57.3 Å². The second-order valence-corrected chi connectivity index (χ2v) is 7.62. The highest BCUT2D eigenvalue weighted by Gasteiger charge is 2.29. The van der Waals surface area contributed by atoms with E-state index in [-0.39, 0.29) is 0 Å². The zero-order valence-electron chi connectivity index (χ0n) is 14.6. The van der Waals surface area contributed by atoms with E-state index in [0.717, 1.165) is 43.3 Å². The first-order valence-electron chi connectivity index (χ1n) is 8.96. The van der Waals surface area contributed by atoms with Crippen LogP contribution in [-0.4, -0.2) is 45.6 Å². The fourth-order valence-electron chi connectivity index (χ4n) is 3.31. The Kier molecular flexibility index (Phi) is 5.69. The summed E-state index contributed by atoms with van der Waals surface area (Å²) in [5.41, 5.74) is 0. The molecule has 1 saturated heterocycles. The highest BCUT2D eigenvalue weighted by atomic mass is 32.1. The number of hydrogen-bond donors (Lipinski definition) is 0. The minimum Gasteiger partial charge on any atom is -0.381 e. The molecule has 0 aromatic carbocycles. The van der Waals surface area contributed by atoms with Crippen LogP contribution in [0.2, 0.25) is 0 Å². The average Bonchev–Trinajstić information content (AvgIpc) is 3.15. The van der Waals surface area contributed by atoms with Crippen LogP contribution < -0.4 is 0 Å². The van der Waals surface area contributed by atoms with E-state index >= 15 is 0 Å². The molecule has 24 heavy (non-hydrogen) atoms. The number of nitriles is 1. The molecule has 1 unspecified atom stereocenters. The third-order valence-electron chi connectivity index (χ3n) is 4.74. The summed E-state index contributed by atoms with van der Waals surface area (Å²) in [6.45, 7) is 8.37. The van der Waals surface area contributed by atoms with Crippen LogP contribution >= 0.6 is 12.2 Å². The van der Waals surface area contributed by atoms with E-state index in [1.165, 1.54) is 12.8 Å². The molecule has 3 rings (SSSR count). The second-order valence-electron chi connectivity index (χ2n) is 7.25. The van der Waals surface area contributed by atoms with Crippen molar-refractivity contribution in [2.24, 2.45) is 5.92 Å². The summed E-state index contributed by atoms with van der Waals surface area (Å²) in [5, 5.41) is 13.8. The largest absolute Gasteiger partial charge is 0.381 e. The van der Waals surface area contributed by atoms with Crippen LogP contribution in [-0.2, 0) is 11.4 Å². The molecular formula is C17H27N5OS. The molecule has 132 valence electrons. The maximum atomic E-state index is 8.95. The summed E-state index contributed by atoms with van der Waals surface area (Å²) in [4.78, 5) is 2.30. The molecule has 2 aliphatic rings. The van der Waals surface area contributed by atoms with Crippen molar-refractivity contribution in [2.75, 3.05) is 26.3 Å². The van der Waals surface area contributed by atoms with Crippen molar-refractivity contribution in [3.05, 3.63) is 10.6 Å². The van der Waals surface area contributed by atoms with Gasteiger partial charge in [-0.25, -0.2) is 4.68 Å². The summed E-state index contributed by atoms with van der Waals surface area (Å²) in [7, 11) is 0. The van der Waals surface area contributed by atoms with Gasteiger partial charge in [-0.1, -0.05) is 13.8 Å². The minimum absolute atomic E-state index is 0.365. The van der Waals surface area contributed by atoms with E-state index in [4.69, 9.17) is 27.3 Å². The number of ether oxygens (including phenoxy) is 1. The number of rotatable bonds is 8. The van der Waals surface area contributed by atoms with Gasteiger partial charge in [0.15, 0.2) is 4.77 Å². The first-order chi connectivity index (χ1) is 11.6. The van der Waals surface area contributed by atoms with Gasteiger partial charge in [-0.05, 0) is 37.4 Å². The van der Waals surface area contributed by atoms with Gasteiger partial charge in [-0.2, -0.15) is 10.4 Å². The van der Waals surface area contributed by atoms with Gasteiger partial charge >= 0.3 is 0 Å². The van der Waals surface area contributed by atoms with Gasteiger partial charge in [-0.15, -0.1) is 0 Å². The predicted molar refractivity (Wildman–Crippen MR) is 94.1 cm³/mol. The lowest BCUT2D eigenvalue weighted by atomic mass is 10.1. The van der Waals surface area contributed by atoms with E-state index < -0.39 is 0 Å². The Labute approximate surface area is 149 Å². The SMILES string of the molecule is CC(C)c1nn(CN(CCC#N)CC2CCOC2)c(=S)n1C1CC1. The van der Waals surface area contributed by atoms with Gasteiger partial charge in [-0.3, -0.25) is 4.90 Å². The normalized spacial score (nSPS) is 20.9. The fourth-order valence-corrected chi connectivity index (χ4v) is 3.65. The molecule has 0 spiro atoms. The van der Waals surface area contributed by atoms with Crippen molar-refractivity contribution in [1.29, 1.82) is 5.26 Å². The molecule has 1 atom stereocenters. The van der Waals surface area contributed by atoms with Crippen molar-refractivity contribution in [3.63, 3.8) is 0 Å². The van der Waals surface area contributed by atoms with Crippen LogP contribution in [0.25, 0.3) is 0 Å². The molecule has 2 fully saturated rings. The van der Waals surface area contributed by atoms with Crippen LogP contribution in [0.5, 0.6) is 0 Å². The minimum atomic E-state index is 0.365. The topological polar surface area (TPSA) is 59.0 Å². The van der Waals surface area contributed by atoms with E-state index in [1.54, 1.807) is 0 Å². The smallest absolute Gasteiger partial charge is 0.199 e. The fraction of sp³-hybridized carbons (Fsp3) is 0.824.